The molecule has 0 unspecified atom stereocenters. The first-order chi connectivity index (χ1) is 8.32. The summed E-state index contributed by atoms with van der Waals surface area (Å²) in [5.41, 5.74) is 0. The molecule has 0 spiro atoms. The summed E-state index contributed by atoms with van der Waals surface area (Å²) in [7, 11) is 5.44. The molecule has 0 radical (unpaired) electrons. The Balaban J connectivity index is 2.61. The van der Waals surface area contributed by atoms with Crippen LogP contribution in [0, 0.1) is 0 Å². The van der Waals surface area contributed by atoms with E-state index in [-0.39, 0.29) is 19.0 Å². The normalized spacial score (nSPS) is 23.5. The van der Waals surface area contributed by atoms with Crippen molar-refractivity contribution in [3.05, 3.63) is 0 Å². The molecule has 0 bridgehead atoms. The third-order valence-corrected chi connectivity index (χ3v) is 3.02. The lowest BCUT2D eigenvalue weighted by atomic mass is 10.2. The summed E-state index contributed by atoms with van der Waals surface area (Å²) in [6.45, 7) is 1.31. The number of β-amino-alcohol motifs (C(OH)–C–C–N with tert-alkyl or cyclic N) is 1. The minimum absolute atomic E-state index is 0.0854. The molecule has 104 valence electrons. The number of nitrogens with zero attached hydrogens (tertiary/aromatic N) is 3. The van der Waals surface area contributed by atoms with E-state index in [4.69, 9.17) is 5.11 Å². The van der Waals surface area contributed by atoms with E-state index in [2.05, 4.69) is 0 Å². The Bertz CT molecular complexity index is 321. The second-order valence-electron chi connectivity index (χ2n) is 4.90. The van der Waals surface area contributed by atoms with Gasteiger partial charge in [0.05, 0.1) is 6.10 Å². The van der Waals surface area contributed by atoms with Gasteiger partial charge in [0.15, 0.2) is 0 Å². The lowest BCUT2D eigenvalue weighted by molar-refractivity contribution is -0.141. The summed E-state index contributed by atoms with van der Waals surface area (Å²) >= 11 is 0. The summed E-state index contributed by atoms with van der Waals surface area (Å²) in [6.07, 6.45) is -0.653. The van der Waals surface area contributed by atoms with E-state index in [9.17, 15) is 14.7 Å². The third kappa shape index (κ3) is 3.58. The summed E-state index contributed by atoms with van der Waals surface area (Å²) < 4.78 is 0. The number of carbonyl (C=O) groups is 2. The first-order valence-corrected chi connectivity index (χ1v) is 5.90. The second kappa shape index (κ2) is 6.01. The molecule has 0 aromatic carbocycles. The van der Waals surface area contributed by atoms with E-state index in [0.717, 1.165) is 0 Å². The zero-order chi connectivity index (χ0) is 13.9. The highest BCUT2D eigenvalue weighted by molar-refractivity contribution is 5.83. The van der Waals surface area contributed by atoms with Crippen molar-refractivity contribution in [2.75, 3.05) is 40.8 Å². The number of carboxylic acid groups (broad SMARTS) is 1. The average molecular weight is 259 g/mol. The number of aliphatic hydroxyl groups excluding tert-OH is 1. The fraction of sp³-hybridized carbons (Fsp3) is 0.818. The fourth-order valence-corrected chi connectivity index (χ4v) is 1.92. The van der Waals surface area contributed by atoms with Crippen LogP contribution in [0.4, 0.5) is 4.79 Å². The molecule has 1 aliphatic rings. The zero-order valence-corrected chi connectivity index (χ0v) is 11.0. The number of aliphatic hydroxyl groups is 1. The number of likely N-dealkylation sites (N-methyl/N-ethyl adjacent to an activating group) is 2. The molecular weight excluding hydrogens is 238 g/mol. The molecule has 2 N–H and O–H groups in total. The molecule has 1 heterocycles. The Morgan fingerprint density at radius 3 is 2.39 bits per heavy atom. The first-order valence-electron chi connectivity index (χ1n) is 5.90. The number of rotatable bonds is 4. The molecule has 0 aromatic heterocycles. The van der Waals surface area contributed by atoms with Gasteiger partial charge in [-0.05, 0) is 14.1 Å². The highest BCUT2D eigenvalue weighted by Gasteiger charge is 2.39. The van der Waals surface area contributed by atoms with Crippen molar-refractivity contribution in [3.8, 4) is 0 Å². The number of aliphatic carboxylic acids is 1. The van der Waals surface area contributed by atoms with Gasteiger partial charge in [-0.3, -0.25) is 0 Å². The summed E-state index contributed by atoms with van der Waals surface area (Å²) in [6, 6.07) is -1.27. The molecule has 0 aromatic rings. The average Bonchev–Trinajstić information content (AvgIpc) is 2.67. The van der Waals surface area contributed by atoms with Gasteiger partial charge < -0.3 is 24.9 Å². The Labute approximate surface area is 107 Å². The first kappa shape index (κ1) is 14.7. The van der Waals surface area contributed by atoms with E-state index in [1.165, 1.54) is 9.80 Å². The van der Waals surface area contributed by atoms with E-state index in [1.54, 1.807) is 7.05 Å². The van der Waals surface area contributed by atoms with Gasteiger partial charge in [-0.1, -0.05) is 0 Å². The van der Waals surface area contributed by atoms with Crippen LogP contribution in [0.3, 0.4) is 0 Å². The molecule has 1 rings (SSSR count). The van der Waals surface area contributed by atoms with E-state index < -0.39 is 18.1 Å². The quantitative estimate of drug-likeness (QED) is 0.685. The lowest BCUT2D eigenvalue weighted by Crippen LogP contribution is -2.48. The van der Waals surface area contributed by atoms with Crippen LogP contribution in [-0.2, 0) is 4.79 Å². The predicted molar refractivity (Wildman–Crippen MR) is 65.3 cm³/mol. The Morgan fingerprint density at radius 1 is 1.28 bits per heavy atom. The minimum atomic E-state index is -1.07. The molecule has 1 saturated heterocycles. The van der Waals surface area contributed by atoms with Crippen molar-refractivity contribution in [2.24, 2.45) is 0 Å². The zero-order valence-electron chi connectivity index (χ0n) is 11.0. The maximum atomic E-state index is 12.1. The molecule has 7 nitrogen and oxygen atoms in total. The molecule has 2 atom stereocenters. The third-order valence-electron chi connectivity index (χ3n) is 3.02. The number of carbonyl (C=O) groups excluding carboxylic acids is 1. The van der Waals surface area contributed by atoms with Gasteiger partial charge in [-0.2, -0.15) is 0 Å². The van der Waals surface area contributed by atoms with Crippen molar-refractivity contribution >= 4 is 12.0 Å². The number of hydrogen-bond donors (Lipinski definition) is 2. The van der Waals surface area contributed by atoms with Crippen LogP contribution in [0.15, 0.2) is 0 Å². The molecule has 1 aliphatic heterocycles. The lowest BCUT2D eigenvalue weighted by Gasteiger charge is -2.28. The molecule has 1 fully saturated rings. The predicted octanol–water partition coefficient (Wildman–Crippen LogP) is -0.880. The standard InChI is InChI=1S/C11H21N3O4/c1-12(2)4-5-13(3)11(18)14-7-8(15)6-9(14)10(16)17/h8-9,15H,4-7H2,1-3H3,(H,16,17)/t8-,9-/m0/s1. The molecular formula is C11H21N3O4. The van der Waals surface area contributed by atoms with Gasteiger partial charge in [0.1, 0.15) is 6.04 Å². The van der Waals surface area contributed by atoms with Gasteiger partial charge in [0, 0.05) is 33.1 Å². The summed E-state index contributed by atoms with van der Waals surface area (Å²) in [5.74, 6) is -1.07. The van der Waals surface area contributed by atoms with Crippen molar-refractivity contribution in [1.82, 2.24) is 14.7 Å². The molecule has 0 saturated carbocycles. The Hall–Kier alpha value is -1.34. The second-order valence-corrected chi connectivity index (χ2v) is 4.90. The Kier molecular flexibility index (Phi) is 4.92. The van der Waals surface area contributed by atoms with E-state index >= 15 is 0 Å². The van der Waals surface area contributed by atoms with Crippen LogP contribution in [-0.4, -0.2) is 89.8 Å². The number of hydrogen-bond acceptors (Lipinski definition) is 4. The number of carboxylic acids is 1. The largest absolute Gasteiger partial charge is 0.480 e. The van der Waals surface area contributed by atoms with Crippen LogP contribution in [0.1, 0.15) is 6.42 Å². The van der Waals surface area contributed by atoms with E-state index in [0.29, 0.717) is 13.1 Å². The Morgan fingerprint density at radius 2 is 1.89 bits per heavy atom. The van der Waals surface area contributed by atoms with Crippen LogP contribution in [0.2, 0.25) is 0 Å². The van der Waals surface area contributed by atoms with Crippen molar-refractivity contribution in [2.45, 2.75) is 18.6 Å². The number of likely N-dealkylation sites (tertiary alicyclic amines) is 1. The van der Waals surface area contributed by atoms with Gasteiger partial charge >= 0.3 is 12.0 Å². The highest BCUT2D eigenvalue weighted by atomic mass is 16.4. The van der Waals surface area contributed by atoms with Crippen LogP contribution in [0.25, 0.3) is 0 Å². The van der Waals surface area contributed by atoms with Gasteiger partial charge in [-0.25, -0.2) is 9.59 Å². The van der Waals surface area contributed by atoms with Crippen LogP contribution in [0.5, 0.6) is 0 Å². The minimum Gasteiger partial charge on any atom is -0.480 e. The molecule has 0 aliphatic carbocycles. The fourth-order valence-electron chi connectivity index (χ4n) is 1.92. The number of amides is 2. The highest BCUT2D eigenvalue weighted by Crippen LogP contribution is 2.19. The monoisotopic (exact) mass is 259 g/mol. The van der Waals surface area contributed by atoms with Crippen molar-refractivity contribution < 1.29 is 19.8 Å². The maximum absolute atomic E-state index is 12.1. The SMILES string of the molecule is CN(C)CCN(C)C(=O)N1C[C@@H](O)C[C@H]1C(=O)O. The van der Waals surface area contributed by atoms with Crippen LogP contribution >= 0.6 is 0 Å². The van der Waals surface area contributed by atoms with Gasteiger partial charge in [0.2, 0.25) is 0 Å². The topological polar surface area (TPSA) is 84.3 Å². The molecule has 18 heavy (non-hydrogen) atoms. The van der Waals surface area contributed by atoms with Gasteiger partial charge in [-0.15, -0.1) is 0 Å². The summed E-state index contributed by atoms with van der Waals surface area (Å²) in [5, 5.41) is 18.5. The summed E-state index contributed by atoms with van der Waals surface area (Å²) in [4.78, 5) is 27.7. The molecule has 2 amide bonds. The van der Waals surface area contributed by atoms with Crippen molar-refractivity contribution in [1.29, 1.82) is 0 Å². The maximum Gasteiger partial charge on any atom is 0.326 e. The smallest absolute Gasteiger partial charge is 0.326 e. The van der Waals surface area contributed by atoms with E-state index in [1.807, 2.05) is 19.0 Å². The molecule has 7 heteroatoms. The van der Waals surface area contributed by atoms with Crippen LogP contribution < -0.4 is 0 Å². The number of urea groups is 1. The van der Waals surface area contributed by atoms with Crippen molar-refractivity contribution in [3.63, 3.8) is 0 Å². The van der Waals surface area contributed by atoms with Gasteiger partial charge in [0.25, 0.3) is 0 Å².